The number of aliphatic hydroxyl groups excluding tert-OH is 1. The number of aliphatic hydroxyl groups is 1. The van der Waals surface area contributed by atoms with Crippen molar-refractivity contribution in [1.29, 1.82) is 0 Å². The number of esters is 1. The lowest BCUT2D eigenvalue weighted by molar-refractivity contribution is -0.141. The Labute approximate surface area is 197 Å². The number of aryl methyl sites for hydroxylation is 1. The van der Waals surface area contributed by atoms with Crippen LogP contribution in [0.25, 0.3) is 0 Å². The molecule has 0 amide bonds. The Balaban J connectivity index is 1.53. The van der Waals surface area contributed by atoms with Gasteiger partial charge in [0.05, 0.1) is 13.2 Å². The molecule has 0 saturated carbocycles. The molecule has 12 nitrogen and oxygen atoms in total. The highest BCUT2D eigenvalue weighted by Gasteiger charge is 2.60. The number of nitrogens with two attached hydrogens (primary N) is 1. The maximum Gasteiger partial charge on any atom is 0.459 e. The van der Waals surface area contributed by atoms with Crippen molar-refractivity contribution in [3.05, 3.63) is 52.6 Å². The summed E-state index contributed by atoms with van der Waals surface area (Å²) in [6, 6.07) is 6.46. The minimum Gasteiger partial charge on any atom is -0.464 e. The fourth-order valence-corrected chi connectivity index (χ4v) is 5.05. The van der Waals surface area contributed by atoms with Gasteiger partial charge in [-0.1, -0.05) is 17.7 Å². The van der Waals surface area contributed by atoms with Crippen molar-refractivity contribution in [2.75, 3.05) is 18.9 Å². The number of carbonyl (C=O) groups excluding carboxylic acids is 1. The molecule has 190 valence electrons. The van der Waals surface area contributed by atoms with E-state index in [1.165, 1.54) is 12.1 Å². The second kappa shape index (κ2) is 9.63. The van der Waals surface area contributed by atoms with Crippen LogP contribution in [-0.4, -0.2) is 58.0 Å². The molecule has 2 fully saturated rings. The van der Waals surface area contributed by atoms with E-state index in [1.807, 2.05) is 6.92 Å². The average molecular weight is 516 g/mol. The number of hydrogen-bond acceptors (Lipinski definition) is 10. The highest BCUT2D eigenvalue weighted by molar-refractivity contribution is 7.52. The van der Waals surface area contributed by atoms with E-state index in [0.29, 0.717) is 4.57 Å². The summed E-state index contributed by atoms with van der Waals surface area (Å²) in [4.78, 5) is 27.3. The van der Waals surface area contributed by atoms with Gasteiger partial charge in [-0.2, -0.15) is 18.9 Å². The minimum atomic E-state index is -4.36. The lowest BCUT2D eigenvalue weighted by atomic mass is 10.1. The maximum absolute atomic E-state index is 14.8. The number of hydrogen-bond donors (Lipinski definition) is 3. The van der Waals surface area contributed by atoms with E-state index >= 15 is 0 Å². The number of anilines is 1. The Morgan fingerprint density at radius 1 is 1.31 bits per heavy atom. The normalized spacial score (nSPS) is 27.4. The Bertz CT molecular complexity index is 1190. The first-order valence-electron chi connectivity index (χ1n) is 10.5. The van der Waals surface area contributed by atoms with Crippen LogP contribution < -0.4 is 21.0 Å². The van der Waals surface area contributed by atoms with Crippen molar-refractivity contribution in [1.82, 2.24) is 14.6 Å². The van der Waals surface area contributed by atoms with Crippen LogP contribution in [0.2, 0.25) is 0 Å². The Hall–Kier alpha value is -2.90. The van der Waals surface area contributed by atoms with Gasteiger partial charge < -0.3 is 24.8 Å². The van der Waals surface area contributed by atoms with E-state index in [-0.39, 0.29) is 24.6 Å². The molecule has 2 aromatic rings. The van der Waals surface area contributed by atoms with Crippen molar-refractivity contribution in [3.8, 4) is 5.75 Å². The van der Waals surface area contributed by atoms with Crippen LogP contribution in [-0.2, 0) is 23.4 Å². The molecule has 5 unspecified atom stereocenters. The van der Waals surface area contributed by atoms with Gasteiger partial charge in [-0.25, -0.2) is 9.36 Å². The van der Waals surface area contributed by atoms with Gasteiger partial charge in [-0.15, -0.1) is 0 Å². The summed E-state index contributed by atoms with van der Waals surface area (Å²) >= 11 is 0. The minimum absolute atomic E-state index is 0.0871. The number of cyclic esters (lactones) is 1. The molecule has 2 aliphatic heterocycles. The number of halogens is 2. The smallest absolute Gasteiger partial charge is 0.459 e. The van der Waals surface area contributed by atoms with Crippen LogP contribution in [0.5, 0.6) is 5.75 Å². The van der Waals surface area contributed by atoms with Crippen molar-refractivity contribution in [3.63, 3.8) is 0 Å². The van der Waals surface area contributed by atoms with Gasteiger partial charge in [0.1, 0.15) is 23.7 Å². The van der Waals surface area contributed by atoms with E-state index in [4.69, 9.17) is 24.3 Å². The van der Waals surface area contributed by atoms with Gasteiger partial charge in [0, 0.05) is 12.6 Å². The first kappa shape index (κ1) is 25.2. The Morgan fingerprint density at radius 2 is 2.03 bits per heavy atom. The molecular formula is C20H23F2N4O8P. The van der Waals surface area contributed by atoms with Crippen LogP contribution in [0.4, 0.5) is 14.6 Å². The third-order valence-corrected chi connectivity index (χ3v) is 6.96. The highest BCUT2D eigenvalue weighted by Crippen LogP contribution is 2.48. The van der Waals surface area contributed by atoms with Crippen LogP contribution in [0.15, 0.2) is 41.3 Å². The molecule has 35 heavy (non-hydrogen) atoms. The molecule has 2 saturated heterocycles. The Morgan fingerprint density at radius 3 is 2.66 bits per heavy atom. The van der Waals surface area contributed by atoms with Gasteiger partial charge in [0.15, 0.2) is 6.10 Å². The number of alkyl halides is 2. The maximum atomic E-state index is 14.8. The molecule has 1 aromatic heterocycles. The van der Waals surface area contributed by atoms with E-state index in [9.17, 15) is 28.0 Å². The van der Waals surface area contributed by atoms with E-state index in [1.54, 1.807) is 12.1 Å². The highest BCUT2D eigenvalue weighted by atomic mass is 31.2. The predicted octanol–water partition coefficient (Wildman–Crippen LogP) is 1.14. The van der Waals surface area contributed by atoms with Crippen molar-refractivity contribution < 1.29 is 41.8 Å². The van der Waals surface area contributed by atoms with Gasteiger partial charge in [-0.3, -0.25) is 13.9 Å². The van der Waals surface area contributed by atoms with Crippen LogP contribution in [0.3, 0.4) is 0 Å². The van der Waals surface area contributed by atoms with E-state index in [0.717, 1.165) is 17.8 Å². The molecule has 1 aromatic carbocycles. The summed E-state index contributed by atoms with van der Waals surface area (Å²) in [5.41, 5.74) is 5.16. The summed E-state index contributed by atoms with van der Waals surface area (Å²) in [6.07, 6.45) is -5.23. The topological polar surface area (TPSA) is 164 Å². The lowest BCUT2D eigenvalue weighted by Gasteiger charge is -2.24. The molecule has 15 heteroatoms. The number of carbonyl (C=O) groups is 1. The third kappa shape index (κ3) is 5.36. The van der Waals surface area contributed by atoms with Crippen molar-refractivity contribution in [2.45, 2.75) is 43.7 Å². The standard InChI is InChI=1S/C20H23F2N4O8P/c1-11-2-4-12(5-3-11)34-35(30,25-13-7-9-31-17(13)28)32-10-14-16(27)20(21,22)18(33-14)26-8-6-15(23)24-19(26)29/h2-6,8,13-14,16,18,27H,7,9-10H2,1H3,(H,25,30)(H2,23,24,29). The van der Waals surface area contributed by atoms with Crippen LogP contribution in [0, 0.1) is 6.92 Å². The number of rotatable bonds is 8. The fraction of sp³-hybridized carbons (Fsp3) is 0.450. The molecule has 4 rings (SSSR count). The molecule has 5 atom stereocenters. The number of nitrogen functional groups attached to an aromatic ring is 1. The number of benzene rings is 1. The van der Waals surface area contributed by atoms with Gasteiger partial charge >= 0.3 is 25.3 Å². The molecular weight excluding hydrogens is 493 g/mol. The van der Waals surface area contributed by atoms with Crippen molar-refractivity contribution >= 4 is 19.5 Å². The molecule has 4 N–H and O–H groups in total. The monoisotopic (exact) mass is 516 g/mol. The largest absolute Gasteiger partial charge is 0.464 e. The summed E-state index contributed by atoms with van der Waals surface area (Å²) in [5, 5.41) is 12.7. The van der Waals surface area contributed by atoms with Crippen molar-refractivity contribution in [2.24, 2.45) is 0 Å². The molecule has 3 heterocycles. The lowest BCUT2D eigenvalue weighted by Crippen LogP contribution is -2.42. The third-order valence-electron chi connectivity index (χ3n) is 5.39. The van der Waals surface area contributed by atoms with Gasteiger partial charge in [-0.05, 0) is 25.1 Å². The molecule has 0 radical (unpaired) electrons. The molecule has 0 bridgehead atoms. The fourth-order valence-electron chi connectivity index (χ4n) is 3.51. The second-order valence-electron chi connectivity index (χ2n) is 8.02. The summed E-state index contributed by atoms with van der Waals surface area (Å²) < 4.78 is 64.3. The number of aromatic nitrogens is 2. The quantitative estimate of drug-likeness (QED) is 0.340. The zero-order valence-electron chi connectivity index (χ0n) is 18.4. The molecule has 2 aliphatic rings. The van der Waals surface area contributed by atoms with Gasteiger partial charge in [0.2, 0.25) is 6.23 Å². The second-order valence-corrected chi connectivity index (χ2v) is 9.72. The zero-order valence-corrected chi connectivity index (χ0v) is 19.3. The predicted molar refractivity (Wildman–Crippen MR) is 116 cm³/mol. The summed E-state index contributed by atoms with van der Waals surface area (Å²) in [7, 11) is -4.36. The molecule has 0 spiro atoms. The molecule has 0 aliphatic carbocycles. The van der Waals surface area contributed by atoms with E-state index < -0.39 is 56.4 Å². The number of ether oxygens (including phenoxy) is 2. The zero-order chi connectivity index (χ0) is 25.4. The first-order chi connectivity index (χ1) is 16.5. The first-order valence-corrected chi connectivity index (χ1v) is 12.0. The number of nitrogens with one attached hydrogen (secondary N) is 1. The van der Waals surface area contributed by atoms with Crippen LogP contribution >= 0.6 is 7.75 Å². The van der Waals surface area contributed by atoms with Gasteiger partial charge in [0.25, 0.3) is 0 Å². The number of nitrogens with zero attached hydrogens (tertiary/aromatic N) is 2. The average Bonchev–Trinajstić information content (AvgIpc) is 3.29. The van der Waals surface area contributed by atoms with E-state index in [2.05, 4.69) is 10.1 Å². The SMILES string of the molecule is Cc1ccc(OP(=O)(NC2CCOC2=O)OCC2OC(n3ccc(N)nc3=O)C(F)(F)C2O)cc1. The Kier molecular flexibility index (Phi) is 6.93. The summed E-state index contributed by atoms with van der Waals surface area (Å²) in [5.74, 6) is -4.67. The van der Waals surface area contributed by atoms with Crippen LogP contribution in [0.1, 0.15) is 18.2 Å². The summed E-state index contributed by atoms with van der Waals surface area (Å²) in [6.45, 7) is 1.08.